The Bertz CT molecular complexity index is 673. The van der Waals surface area contributed by atoms with Crippen LogP contribution in [0.4, 0.5) is 10.1 Å². The van der Waals surface area contributed by atoms with E-state index in [1.165, 1.54) is 6.07 Å². The molecule has 0 saturated carbocycles. The number of carbonyl (C=O) groups is 1. The van der Waals surface area contributed by atoms with Crippen LogP contribution in [-0.2, 0) is 6.54 Å². The first kappa shape index (κ1) is 15.3. The van der Waals surface area contributed by atoms with E-state index in [0.717, 1.165) is 11.3 Å². The molecule has 0 fully saturated rings. The summed E-state index contributed by atoms with van der Waals surface area (Å²) in [5.41, 5.74) is 2.77. The van der Waals surface area contributed by atoms with E-state index in [-0.39, 0.29) is 11.7 Å². The minimum atomic E-state index is -0.235. The zero-order valence-electron chi connectivity index (χ0n) is 11.8. The van der Waals surface area contributed by atoms with Crippen LogP contribution in [0.3, 0.4) is 0 Å². The number of benzene rings is 2. The fourth-order valence-corrected chi connectivity index (χ4v) is 2.17. The predicted molar refractivity (Wildman–Crippen MR) is 83.3 cm³/mol. The van der Waals surface area contributed by atoms with Gasteiger partial charge in [-0.05, 0) is 42.3 Å². The molecule has 0 bridgehead atoms. The van der Waals surface area contributed by atoms with Crippen molar-refractivity contribution in [2.24, 2.45) is 0 Å². The van der Waals surface area contributed by atoms with Gasteiger partial charge in [0.15, 0.2) is 0 Å². The van der Waals surface area contributed by atoms with E-state index in [2.05, 4.69) is 10.6 Å². The zero-order valence-corrected chi connectivity index (χ0v) is 12.6. The largest absolute Gasteiger partial charge is 0.381 e. The number of hydrogen-bond acceptors (Lipinski definition) is 2. The van der Waals surface area contributed by atoms with Crippen LogP contribution in [0.2, 0.25) is 5.02 Å². The van der Waals surface area contributed by atoms with Crippen molar-refractivity contribution in [3.8, 4) is 0 Å². The topological polar surface area (TPSA) is 41.1 Å². The van der Waals surface area contributed by atoms with Gasteiger partial charge in [-0.25, -0.2) is 4.39 Å². The van der Waals surface area contributed by atoms with Gasteiger partial charge >= 0.3 is 0 Å². The van der Waals surface area contributed by atoms with E-state index in [1.54, 1.807) is 44.3 Å². The Hall–Kier alpha value is -2.07. The summed E-state index contributed by atoms with van der Waals surface area (Å²) >= 11 is 5.99. The second kappa shape index (κ2) is 6.59. The molecule has 1 amide bonds. The van der Waals surface area contributed by atoms with E-state index >= 15 is 0 Å². The van der Waals surface area contributed by atoms with Gasteiger partial charge < -0.3 is 10.6 Å². The number of nitrogens with one attached hydrogen (secondary N) is 2. The van der Waals surface area contributed by atoms with Crippen LogP contribution in [0, 0.1) is 12.7 Å². The Morgan fingerprint density at radius 1 is 1.24 bits per heavy atom. The van der Waals surface area contributed by atoms with Crippen LogP contribution in [-0.4, -0.2) is 13.0 Å². The number of halogens is 2. The van der Waals surface area contributed by atoms with Gasteiger partial charge in [0.1, 0.15) is 5.82 Å². The Morgan fingerprint density at radius 3 is 2.67 bits per heavy atom. The number of aryl methyl sites for hydroxylation is 1. The SMILES string of the molecule is CNC(=O)c1cc(NCc2ccc(F)c(C)c2)ccc1Cl. The van der Waals surface area contributed by atoms with E-state index in [4.69, 9.17) is 11.6 Å². The molecule has 5 heteroatoms. The van der Waals surface area contributed by atoms with Crippen LogP contribution < -0.4 is 10.6 Å². The van der Waals surface area contributed by atoms with Crippen molar-refractivity contribution in [3.05, 3.63) is 63.9 Å². The van der Waals surface area contributed by atoms with Crippen molar-refractivity contribution in [1.29, 1.82) is 0 Å². The third-order valence-electron chi connectivity index (χ3n) is 3.16. The van der Waals surface area contributed by atoms with Crippen LogP contribution in [0.5, 0.6) is 0 Å². The zero-order chi connectivity index (χ0) is 15.4. The molecule has 21 heavy (non-hydrogen) atoms. The van der Waals surface area contributed by atoms with Crippen molar-refractivity contribution < 1.29 is 9.18 Å². The first-order valence-electron chi connectivity index (χ1n) is 6.52. The Balaban J connectivity index is 2.13. The van der Waals surface area contributed by atoms with Gasteiger partial charge in [0.25, 0.3) is 5.91 Å². The van der Waals surface area contributed by atoms with Crippen molar-refractivity contribution in [3.63, 3.8) is 0 Å². The molecule has 0 spiro atoms. The molecule has 0 heterocycles. The Labute approximate surface area is 128 Å². The van der Waals surface area contributed by atoms with Gasteiger partial charge in [-0.1, -0.05) is 23.7 Å². The molecule has 2 aromatic carbocycles. The average Bonchev–Trinajstić information content (AvgIpc) is 2.49. The number of carbonyl (C=O) groups excluding carboxylic acids is 1. The van der Waals surface area contributed by atoms with Crippen molar-refractivity contribution >= 4 is 23.2 Å². The lowest BCUT2D eigenvalue weighted by Gasteiger charge is -2.10. The van der Waals surface area contributed by atoms with Crippen LogP contribution >= 0.6 is 11.6 Å². The summed E-state index contributed by atoms with van der Waals surface area (Å²) in [5.74, 6) is -0.451. The molecule has 0 saturated heterocycles. The second-order valence-corrected chi connectivity index (χ2v) is 5.12. The number of hydrogen-bond donors (Lipinski definition) is 2. The van der Waals surface area contributed by atoms with E-state index in [1.807, 2.05) is 0 Å². The summed E-state index contributed by atoms with van der Waals surface area (Å²) in [6, 6.07) is 10.1. The lowest BCUT2D eigenvalue weighted by molar-refractivity contribution is 0.0963. The minimum Gasteiger partial charge on any atom is -0.381 e. The van der Waals surface area contributed by atoms with Crippen LogP contribution in [0.15, 0.2) is 36.4 Å². The first-order chi connectivity index (χ1) is 10.0. The maximum atomic E-state index is 13.2. The summed E-state index contributed by atoms with van der Waals surface area (Å²) in [4.78, 5) is 11.7. The third kappa shape index (κ3) is 3.73. The first-order valence-corrected chi connectivity index (χ1v) is 6.89. The molecule has 110 valence electrons. The quantitative estimate of drug-likeness (QED) is 0.903. The molecule has 2 rings (SSSR count). The van der Waals surface area contributed by atoms with E-state index < -0.39 is 0 Å². The average molecular weight is 307 g/mol. The van der Waals surface area contributed by atoms with E-state index in [0.29, 0.717) is 22.7 Å². The summed E-state index contributed by atoms with van der Waals surface area (Å²) in [6.07, 6.45) is 0. The molecule has 2 N–H and O–H groups in total. The summed E-state index contributed by atoms with van der Waals surface area (Å²) in [5, 5.41) is 6.14. The van der Waals surface area contributed by atoms with Gasteiger partial charge in [-0.2, -0.15) is 0 Å². The molecule has 0 radical (unpaired) electrons. The molecule has 0 atom stereocenters. The number of anilines is 1. The second-order valence-electron chi connectivity index (χ2n) is 4.71. The molecule has 0 aliphatic rings. The highest BCUT2D eigenvalue weighted by Crippen LogP contribution is 2.21. The van der Waals surface area contributed by atoms with Gasteiger partial charge in [0.2, 0.25) is 0 Å². The monoisotopic (exact) mass is 306 g/mol. The molecule has 0 aliphatic heterocycles. The van der Waals surface area contributed by atoms with Crippen molar-refractivity contribution in [2.45, 2.75) is 13.5 Å². The Morgan fingerprint density at radius 2 is 2.00 bits per heavy atom. The van der Waals surface area contributed by atoms with Gasteiger partial charge in [-0.3, -0.25) is 4.79 Å². The van der Waals surface area contributed by atoms with E-state index in [9.17, 15) is 9.18 Å². The van der Waals surface area contributed by atoms with Crippen molar-refractivity contribution in [2.75, 3.05) is 12.4 Å². The maximum absolute atomic E-state index is 13.2. The fourth-order valence-electron chi connectivity index (χ4n) is 1.96. The van der Waals surface area contributed by atoms with Gasteiger partial charge in [0.05, 0.1) is 10.6 Å². The molecule has 2 aromatic rings. The normalized spacial score (nSPS) is 10.3. The highest BCUT2D eigenvalue weighted by Gasteiger charge is 2.09. The highest BCUT2D eigenvalue weighted by molar-refractivity contribution is 6.34. The summed E-state index contributed by atoms with van der Waals surface area (Å²) in [6.45, 7) is 2.26. The summed E-state index contributed by atoms with van der Waals surface area (Å²) < 4.78 is 13.2. The van der Waals surface area contributed by atoms with Crippen LogP contribution in [0.1, 0.15) is 21.5 Å². The fraction of sp³-hybridized carbons (Fsp3) is 0.188. The predicted octanol–water partition coefficient (Wildman–Crippen LogP) is 3.76. The Kier molecular flexibility index (Phi) is 4.81. The maximum Gasteiger partial charge on any atom is 0.252 e. The third-order valence-corrected chi connectivity index (χ3v) is 3.49. The highest BCUT2D eigenvalue weighted by atomic mass is 35.5. The lowest BCUT2D eigenvalue weighted by Crippen LogP contribution is -2.18. The van der Waals surface area contributed by atoms with Crippen molar-refractivity contribution in [1.82, 2.24) is 5.32 Å². The minimum absolute atomic E-state index is 0.216. The smallest absolute Gasteiger partial charge is 0.252 e. The molecular weight excluding hydrogens is 291 g/mol. The number of rotatable bonds is 4. The molecule has 0 aromatic heterocycles. The molecule has 3 nitrogen and oxygen atoms in total. The van der Waals surface area contributed by atoms with Gasteiger partial charge in [0, 0.05) is 19.3 Å². The lowest BCUT2D eigenvalue weighted by atomic mass is 10.1. The van der Waals surface area contributed by atoms with Gasteiger partial charge in [-0.15, -0.1) is 0 Å². The van der Waals surface area contributed by atoms with Crippen LogP contribution in [0.25, 0.3) is 0 Å². The molecule has 0 aliphatic carbocycles. The number of amides is 1. The standard InChI is InChI=1S/C16H16ClFN2O/c1-10-7-11(3-6-15(10)18)9-20-12-4-5-14(17)13(8-12)16(21)19-2/h3-8,20H,9H2,1-2H3,(H,19,21). The summed E-state index contributed by atoms with van der Waals surface area (Å²) in [7, 11) is 1.56. The molecule has 0 unspecified atom stereocenters. The molecular formula is C16H16ClFN2O.